The minimum atomic E-state index is -3.00. The van der Waals surface area contributed by atoms with Gasteiger partial charge in [-0.1, -0.05) is 0 Å². The van der Waals surface area contributed by atoms with Crippen molar-refractivity contribution in [1.29, 1.82) is 0 Å². The Morgan fingerprint density at radius 1 is 1.38 bits per heavy atom. The second-order valence-corrected chi connectivity index (χ2v) is 7.03. The van der Waals surface area contributed by atoms with E-state index in [4.69, 9.17) is 11.5 Å². The summed E-state index contributed by atoms with van der Waals surface area (Å²) in [5.74, 6) is 0.858. The van der Waals surface area contributed by atoms with Gasteiger partial charge in [0, 0.05) is 48.0 Å². The molecule has 2 saturated carbocycles. The number of ketones is 1. The molecule has 0 amide bonds. The average Bonchev–Trinajstić information content (AvgIpc) is 3.04. The van der Waals surface area contributed by atoms with Gasteiger partial charge >= 0.3 is 6.61 Å². The molecule has 1 aromatic rings. The van der Waals surface area contributed by atoms with Crippen LogP contribution in [0.4, 0.5) is 14.6 Å². The van der Waals surface area contributed by atoms with Crippen molar-refractivity contribution in [2.45, 2.75) is 39.3 Å². The summed E-state index contributed by atoms with van der Waals surface area (Å²) in [5.41, 5.74) is 13.3. The van der Waals surface area contributed by atoms with Crippen molar-refractivity contribution in [3.05, 3.63) is 23.9 Å². The Labute approximate surface area is 150 Å². The maximum Gasteiger partial charge on any atom is 0.387 e. The van der Waals surface area contributed by atoms with E-state index in [1.54, 1.807) is 6.08 Å². The van der Waals surface area contributed by atoms with Crippen molar-refractivity contribution in [2.75, 3.05) is 5.73 Å². The van der Waals surface area contributed by atoms with Crippen LogP contribution in [0.1, 0.15) is 32.3 Å². The second-order valence-electron chi connectivity index (χ2n) is 7.03. The largest absolute Gasteiger partial charge is 0.431 e. The predicted molar refractivity (Wildman–Crippen MR) is 94.7 cm³/mol. The first-order valence-electron chi connectivity index (χ1n) is 8.53. The van der Waals surface area contributed by atoms with Crippen molar-refractivity contribution < 1.29 is 18.3 Å². The number of nitrogens with two attached hydrogens (primary N) is 2. The lowest BCUT2D eigenvalue weighted by molar-refractivity contribution is -0.118. The normalized spacial score (nSPS) is 25.8. The molecule has 0 bridgehead atoms. The molecule has 2 aliphatic rings. The molecule has 26 heavy (non-hydrogen) atoms. The Balaban J connectivity index is 1.85. The van der Waals surface area contributed by atoms with Gasteiger partial charge in [0.05, 0.1) is 0 Å². The minimum Gasteiger partial charge on any atom is -0.431 e. The summed E-state index contributed by atoms with van der Waals surface area (Å²) in [6, 6.07) is 1.42. The Hall–Kier alpha value is -2.51. The number of aromatic nitrogens is 1. The number of aliphatic imine (C=N–C) groups is 1. The summed E-state index contributed by atoms with van der Waals surface area (Å²) in [7, 11) is 0. The molecule has 140 valence electrons. The Morgan fingerprint density at radius 3 is 2.62 bits per heavy atom. The first-order chi connectivity index (χ1) is 12.3. The van der Waals surface area contributed by atoms with Crippen LogP contribution in [0.15, 0.2) is 23.3 Å². The number of ether oxygens (including phenoxy) is 1. The van der Waals surface area contributed by atoms with Crippen molar-refractivity contribution in [3.8, 4) is 5.75 Å². The van der Waals surface area contributed by atoms with Gasteiger partial charge < -0.3 is 16.2 Å². The third-order valence-corrected chi connectivity index (χ3v) is 4.74. The van der Waals surface area contributed by atoms with Crippen LogP contribution < -0.4 is 16.2 Å². The summed E-state index contributed by atoms with van der Waals surface area (Å²) >= 11 is 0. The zero-order valence-corrected chi connectivity index (χ0v) is 14.7. The number of rotatable bonds is 6. The quantitative estimate of drug-likeness (QED) is 0.755. The molecular formula is C18H22F2N4O2. The zero-order valence-electron chi connectivity index (χ0n) is 14.7. The van der Waals surface area contributed by atoms with Crippen LogP contribution in [0, 0.1) is 17.8 Å². The molecule has 1 aromatic heterocycles. The van der Waals surface area contributed by atoms with E-state index in [2.05, 4.69) is 14.7 Å². The summed E-state index contributed by atoms with van der Waals surface area (Å²) in [6.07, 6.45) is 4.34. The molecule has 0 aromatic carbocycles. The lowest BCUT2D eigenvalue weighted by Gasteiger charge is -2.11. The number of alkyl halides is 2. The molecule has 2 aliphatic carbocycles. The summed E-state index contributed by atoms with van der Waals surface area (Å²) in [5, 5.41) is 0. The number of Topliss-reactive ketones (excluding diaryl/α,β-unsaturated/α-hetero) is 1. The highest BCUT2D eigenvalue weighted by molar-refractivity contribution is 6.05. The molecule has 0 spiro atoms. The molecule has 3 rings (SSSR count). The van der Waals surface area contributed by atoms with E-state index >= 15 is 0 Å². The van der Waals surface area contributed by atoms with Crippen LogP contribution in [0.25, 0.3) is 5.70 Å². The molecule has 3 atom stereocenters. The highest BCUT2D eigenvalue weighted by Gasteiger charge is 2.57. The van der Waals surface area contributed by atoms with Crippen LogP contribution in [0.5, 0.6) is 5.75 Å². The van der Waals surface area contributed by atoms with Gasteiger partial charge in [-0.25, -0.2) is 4.98 Å². The average molecular weight is 364 g/mol. The monoisotopic (exact) mass is 364 g/mol. The Kier molecular flexibility index (Phi) is 4.93. The van der Waals surface area contributed by atoms with E-state index in [9.17, 15) is 13.6 Å². The molecule has 8 heteroatoms. The maximum atomic E-state index is 12.5. The molecular weight excluding hydrogens is 342 g/mol. The Bertz CT molecular complexity index is 762. The van der Waals surface area contributed by atoms with Crippen molar-refractivity contribution >= 4 is 23.0 Å². The highest BCUT2D eigenvalue weighted by atomic mass is 19.3. The van der Waals surface area contributed by atoms with Gasteiger partial charge in [-0.05, 0) is 37.8 Å². The number of allylic oxidation sites excluding steroid dienone is 1. The highest BCUT2D eigenvalue weighted by Crippen LogP contribution is 2.57. The summed E-state index contributed by atoms with van der Waals surface area (Å²) in [6.45, 7) is 0.931. The number of pyridine rings is 1. The van der Waals surface area contributed by atoms with Gasteiger partial charge in [-0.3, -0.25) is 9.79 Å². The zero-order chi connectivity index (χ0) is 19.0. The molecule has 0 aliphatic heterocycles. The van der Waals surface area contributed by atoms with Crippen LogP contribution in [0.2, 0.25) is 0 Å². The third kappa shape index (κ3) is 3.84. The van der Waals surface area contributed by atoms with E-state index in [1.165, 1.54) is 12.3 Å². The number of nitrogen functional groups attached to an aromatic ring is 1. The predicted octanol–water partition coefficient (Wildman–Crippen LogP) is 2.64. The minimum absolute atomic E-state index is 0.0772. The van der Waals surface area contributed by atoms with E-state index < -0.39 is 6.61 Å². The van der Waals surface area contributed by atoms with E-state index in [0.717, 1.165) is 5.71 Å². The fourth-order valence-corrected chi connectivity index (χ4v) is 3.61. The van der Waals surface area contributed by atoms with E-state index in [1.807, 2.05) is 13.8 Å². The van der Waals surface area contributed by atoms with E-state index in [0.29, 0.717) is 41.7 Å². The lowest BCUT2D eigenvalue weighted by Crippen LogP contribution is -2.12. The first-order valence-corrected chi connectivity index (χ1v) is 8.53. The number of nitrogens with zero attached hydrogens (tertiary/aromatic N) is 2. The second kappa shape index (κ2) is 7.01. The Morgan fingerprint density at radius 2 is 2.04 bits per heavy atom. The number of carbonyl (C=O) groups is 1. The number of hydrogen-bond donors (Lipinski definition) is 2. The lowest BCUT2D eigenvalue weighted by atomic mass is 10.0. The number of halogens is 2. The van der Waals surface area contributed by atoms with Crippen LogP contribution in [-0.2, 0) is 4.79 Å². The number of carbonyl (C=O) groups excluding carboxylic acids is 1. The number of fused-ring (bicyclic) bond motifs is 1. The van der Waals surface area contributed by atoms with Crippen LogP contribution in [0.3, 0.4) is 0 Å². The molecule has 1 unspecified atom stereocenters. The summed E-state index contributed by atoms with van der Waals surface area (Å²) in [4.78, 5) is 20.0. The number of hydrogen-bond acceptors (Lipinski definition) is 6. The van der Waals surface area contributed by atoms with E-state index in [-0.39, 0.29) is 23.5 Å². The molecule has 1 heterocycles. The van der Waals surface area contributed by atoms with Crippen LogP contribution >= 0.6 is 0 Å². The molecule has 2 fully saturated rings. The van der Waals surface area contributed by atoms with Gasteiger partial charge in [0.25, 0.3) is 0 Å². The molecule has 4 N–H and O–H groups in total. The standard InChI is InChI=1S/C18H22F2N4O2/c1-8(2)24-14(16-11-4-10(25)5-12(11)16)6-13(21)9-3-15(26-18(19)20)17(22)23-7-9/h3,6-8,11-12,16,18H,4-5,21H2,1-2H3,(H2,22,23)/t11-,12+,16?. The number of anilines is 1. The molecule has 0 radical (unpaired) electrons. The van der Waals surface area contributed by atoms with Crippen LogP contribution in [-0.4, -0.2) is 29.1 Å². The third-order valence-electron chi connectivity index (χ3n) is 4.74. The van der Waals surface area contributed by atoms with Crippen molar-refractivity contribution in [2.24, 2.45) is 28.5 Å². The fourth-order valence-electron chi connectivity index (χ4n) is 3.61. The van der Waals surface area contributed by atoms with Gasteiger partial charge in [0.15, 0.2) is 11.6 Å². The smallest absolute Gasteiger partial charge is 0.387 e. The van der Waals surface area contributed by atoms with Crippen molar-refractivity contribution in [1.82, 2.24) is 4.98 Å². The van der Waals surface area contributed by atoms with Gasteiger partial charge in [0.1, 0.15) is 5.78 Å². The molecule has 6 nitrogen and oxygen atoms in total. The fraction of sp³-hybridized carbons (Fsp3) is 0.500. The SMILES string of the molecule is CC(C)N=C(C=C(N)c1cnc(N)c(OC(F)F)c1)C1[C@H]2CC(=O)C[C@@H]12. The van der Waals surface area contributed by atoms with Crippen molar-refractivity contribution in [3.63, 3.8) is 0 Å². The maximum absolute atomic E-state index is 12.5. The van der Waals surface area contributed by atoms with Gasteiger partial charge in [-0.2, -0.15) is 8.78 Å². The van der Waals surface area contributed by atoms with Gasteiger partial charge in [0.2, 0.25) is 0 Å². The summed E-state index contributed by atoms with van der Waals surface area (Å²) < 4.78 is 29.3. The topological polar surface area (TPSA) is 104 Å². The first kappa shape index (κ1) is 18.3. The molecule has 0 saturated heterocycles. The van der Waals surface area contributed by atoms with Gasteiger partial charge in [-0.15, -0.1) is 0 Å².